The lowest BCUT2D eigenvalue weighted by Gasteiger charge is -2.25. The summed E-state index contributed by atoms with van der Waals surface area (Å²) in [5.41, 5.74) is 2.59. The van der Waals surface area contributed by atoms with E-state index >= 15 is 0 Å². The number of nitrogens with zero attached hydrogens (tertiary/aromatic N) is 3. The lowest BCUT2D eigenvalue weighted by atomic mass is 10.1. The van der Waals surface area contributed by atoms with Gasteiger partial charge in [0.1, 0.15) is 11.5 Å². The van der Waals surface area contributed by atoms with Crippen molar-refractivity contribution in [3.8, 4) is 0 Å². The van der Waals surface area contributed by atoms with Gasteiger partial charge in [0.05, 0.1) is 21.8 Å². The molecule has 1 aliphatic heterocycles. The number of carbonyl (C=O) groups excluding carboxylic acids is 1. The third kappa shape index (κ3) is 3.38. The number of oxazole rings is 1. The van der Waals surface area contributed by atoms with Crippen molar-refractivity contribution in [3.63, 3.8) is 0 Å². The van der Waals surface area contributed by atoms with Crippen LogP contribution in [0.1, 0.15) is 53.0 Å². The zero-order valence-electron chi connectivity index (χ0n) is 15.4. The van der Waals surface area contributed by atoms with Crippen molar-refractivity contribution >= 4 is 27.5 Å². The van der Waals surface area contributed by atoms with Crippen molar-refractivity contribution in [2.75, 3.05) is 6.54 Å². The van der Waals surface area contributed by atoms with E-state index in [1.165, 1.54) is 0 Å². The first kappa shape index (κ1) is 17.2. The van der Waals surface area contributed by atoms with E-state index in [9.17, 15) is 4.79 Å². The molecule has 136 valence electrons. The normalized spacial score (nSPS) is 14.2. The minimum absolute atomic E-state index is 0.0512. The molecular formula is C20H23N3O2S. The number of amides is 1. The molecular weight excluding hydrogens is 346 g/mol. The second kappa shape index (κ2) is 6.83. The first-order chi connectivity index (χ1) is 12.5. The Morgan fingerprint density at radius 2 is 2.19 bits per heavy atom. The summed E-state index contributed by atoms with van der Waals surface area (Å²) in [6, 6.07) is 5.76. The second-order valence-electron chi connectivity index (χ2n) is 7.30. The average molecular weight is 369 g/mol. The Balaban J connectivity index is 1.50. The van der Waals surface area contributed by atoms with Crippen molar-refractivity contribution in [3.05, 3.63) is 46.1 Å². The number of benzene rings is 1. The van der Waals surface area contributed by atoms with Crippen LogP contribution in [0.15, 0.2) is 22.6 Å². The molecule has 0 spiro atoms. The van der Waals surface area contributed by atoms with Crippen LogP contribution in [0.5, 0.6) is 0 Å². The molecule has 26 heavy (non-hydrogen) atoms. The fourth-order valence-corrected chi connectivity index (χ4v) is 4.17. The molecule has 0 saturated heterocycles. The number of rotatable bonds is 4. The van der Waals surface area contributed by atoms with Crippen LogP contribution in [0.3, 0.4) is 0 Å². The van der Waals surface area contributed by atoms with E-state index in [2.05, 4.69) is 23.8 Å². The van der Waals surface area contributed by atoms with Gasteiger partial charge in [-0.15, -0.1) is 11.3 Å². The Morgan fingerprint density at radius 1 is 1.35 bits per heavy atom. The number of carbonyl (C=O) groups is 1. The Labute approximate surface area is 157 Å². The molecule has 6 heteroatoms. The summed E-state index contributed by atoms with van der Waals surface area (Å²) in [6.45, 7) is 7.58. The first-order valence-electron chi connectivity index (χ1n) is 9.13. The molecule has 2 aromatic heterocycles. The molecule has 3 heterocycles. The third-order valence-corrected chi connectivity index (χ3v) is 5.67. The summed E-state index contributed by atoms with van der Waals surface area (Å²) in [5, 5.41) is 1.02. The number of hydrogen-bond donors (Lipinski definition) is 0. The van der Waals surface area contributed by atoms with Gasteiger partial charge in [0.25, 0.3) is 5.91 Å². The van der Waals surface area contributed by atoms with Gasteiger partial charge in [0.15, 0.2) is 5.89 Å². The van der Waals surface area contributed by atoms with E-state index < -0.39 is 0 Å². The van der Waals surface area contributed by atoms with Gasteiger partial charge in [0.2, 0.25) is 0 Å². The number of hydrogen-bond acceptors (Lipinski definition) is 5. The molecule has 1 amide bonds. The van der Waals surface area contributed by atoms with Crippen LogP contribution in [0.2, 0.25) is 0 Å². The minimum atomic E-state index is 0.0512. The van der Waals surface area contributed by atoms with E-state index in [1.807, 2.05) is 30.0 Å². The molecule has 1 aliphatic rings. The molecule has 0 saturated carbocycles. The van der Waals surface area contributed by atoms with Crippen LogP contribution in [0.4, 0.5) is 0 Å². The lowest BCUT2D eigenvalue weighted by Crippen LogP contribution is -2.35. The topological polar surface area (TPSA) is 59.2 Å². The Hall–Kier alpha value is -2.21. The summed E-state index contributed by atoms with van der Waals surface area (Å²) < 4.78 is 6.95. The zero-order chi connectivity index (χ0) is 18.3. The van der Waals surface area contributed by atoms with Gasteiger partial charge >= 0.3 is 0 Å². The predicted molar refractivity (Wildman–Crippen MR) is 102 cm³/mol. The Bertz CT molecular complexity index is 957. The van der Waals surface area contributed by atoms with Crippen LogP contribution < -0.4 is 0 Å². The molecule has 0 fully saturated rings. The summed E-state index contributed by atoms with van der Waals surface area (Å²) in [7, 11) is 0. The molecule has 0 bridgehead atoms. The highest BCUT2D eigenvalue weighted by molar-refractivity contribution is 7.18. The van der Waals surface area contributed by atoms with Gasteiger partial charge in [-0.25, -0.2) is 9.97 Å². The van der Waals surface area contributed by atoms with Gasteiger partial charge in [0, 0.05) is 24.9 Å². The SMILES string of the molecule is Cc1nc2ccc(C(=O)N3CCc4oc(CCC(C)C)nc4C3)cc2s1. The quantitative estimate of drug-likeness (QED) is 0.685. The molecule has 4 rings (SSSR count). The smallest absolute Gasteiger partial charge is 0.254 e. The van der Waals surface area contributed by atoms with Crippen LogP contribution in [0, 0.1) is 12.8 Å². The molecule has 0 radical (unpaired) electrons. The molecule has 0 N–H and O–H groups in total. The number of aryl methyl sites for hydroxylation is 2. The highest BCUT2D eigenvalue weighted by atomic mass is 32.1. The summed E-state index contributed by atoms with van der Waals surface area (Å²) >= 11 is 1.62. The molecule has 5 nitrogen and oxygen atoms in total. The molecule has 0 atom stereocenters. The largest absolute Gasteiger partial charge is 0.445 e. The summed E-state index contributed by atoms with van der Waals surface area (Å²) in [6.07, 6.45) is 2.66. The van der Waals surface area contributed by atoms with Crippen LogP contribution in [-0.4, -0.2) is 27.3 Å². The fourth-order valence-electron chi connectivity index (χ4n) is 3.30. The third-order valence-electron chi connectivity index (χ3n) is 4.74. The van der Waals surface area contributed by atoms with Crippen LogP contribution >= 0.6 is 11.3 Å². The zero-order valence-corrected chi connectivity index (χ0v) is 16.2. The predicted octanol–water partition coefficient (Wildman–Crippen LogP) is 4.38. The summed E-state index contributed by atoms with van der Waals surface area (Å²) in [4.78, 5) is 23.9. The maximum atomic E-state index is 12.9. The van der Waals surface area contributed by atoms with Crippen LogP contribution in [0.25, 0.3) is 10.2 Å². The maximum Gasteiger partial charge on any atom is 0.254 e. The van der Waals surface area contributed by atoms with Crippen molar-refractivity contribution in [2.45, 2.75) is 46.6 Å². The van der Waals surface area contributed by atoms with Gasteiger partial charge in [-0.2, -0.15) is 0 Å². The molecule has 0 unspecified atom stereocenters. The van der Waals surface area contributed by atoms with Crippen molar-refractivity contribution < 1.29 is 9.21 Å². The lowest BCUT2D eigenvalue weighted by molar-refractivity contribution is 0.0728. The van der Waals surface area contributed by atoms with E-state index in [-0.39, 0.29) is 5.91 Å². The van der Waals surface area contributed by atoms with Crippen molar-refractivity contribution in [1.82, 2.24) is 14.9 Å². The highest BCUT2D eigenvalue weighted by Crippen LogP contribution is 2.26. The average Bonchev–Trinajstić information content (AvgIpc) is 3.19. The van der Waals surface area contributed by atoms with Gasteiger partial charge in [-0.05, 0) is 37.5 Å². The van der Waals surface area contributed by atoms with E-state index in [4.69, 9.17) is 4.42 Å². The van der Waals surface area contributed by atoms with E-state index in [1.54, 1.807) is 11.3 Å². The molecule has 0 aliphatic carbocycles. The highest BCUT2D eigenvalue weighted by Gasteiger charge is 2.26. The monoisotopic (exact) mass is 369 g/mol. The van der Waals surface area contributed by atoms with Gasteiger partial charge in [-0.3, -0.25) is 4.79 Å². The minimum Gasteiger partial charge on any atom is -0.445 e. The van der Waals surface area contributed by atoms with Gasteiger partial charge < -0.3 is 9.32 Å². The molecule has 1 aromatic carbocycles. The van der Waals surface area contributed by atoms with E-state index in [0.717, 1.165) is 51.8 Å². The molecule has 3 aromatic rings. The second-order valence-corrected chi connectivity index (χ2v) is 8.54. The van der Waals surface area contributed by atoms with Crippen molar-refractivity contribution in [1.29, 1.82) is 0 Å². The Morgan fingerprint density at radius 3 is 3.00 bits per heavy atom. The van der Waals surface area contributed by atoms with Crippen LogP contribution in [-0.2, 0) is 19.4 Å². The maximum absolute atomic E-state index is 12.9. The van der Waals surface area contributed by atoms with Crippen molar-refractivity contribution in [2.24, 2.45) is 5.92 Å². The number of aromatic nitrogens is 2. The van der Waals surface area contributed by atoms with E-state index in [0.29, 0.717) is 24.6 Å². The standard InChI is InChI=1S/C20H23N3O2S/c1-12(2)4-7-19-22-16-11-23(9-8-17(16)25-19)20(24)14-5-6-15-18(10-14)26-13(3)21-15/h5-6,10,12H,4,7-9,11H2,1-3H3. The Kier molecular flexibility index (Phi) is 4.53. The fraction of sp³-hybridized carbons (Fsp3) is 0.450. The summed E-state index contributed by atoms with van der Waals surface area (Å²) in [5.74, 6) is 2.43. The first-order valence-corrected chi connectivity index (χ1v) is 9.95. The number of fused-ring (bicyclic) bond motifs is 2. The number of thiazole rings is 1. The van der Waals surface area contributed by atoms with Gasteiger partial charge in [-0.1, -0.05) is 13.8 Å².